The molecule has 0 N–H and O–H groups in total. The minimum Gasteiger partial charge on any atom is -0.345 e. The number of rotatable bonds is 2. The van der Waals surface area contributed by atoms with E-state index in [0.29, 0.717) is 5.56 Å². The maximum absolute atomic E-state index is 13.6. The number of benzene rings is 2. The first kappa shape index (κ1) is 19.9. The van der Waals surface area contributed by atoms with Crippen LogP contribution in [0.25, 0.3) is 5.57 Å². The number of para-hydroxylation sites is 1. The second-order valence-corrected chi connectivity index (χ2v) is 9.05. The van der Waals surface area contributed by atoms with Gasteiger partial charge in [-0.15, -0.1) is 0 Å². The fourth-order valence-electron chi connectivity index (χ4n) is 5.30. The first-order valence-electron chi connectivity index (χ1n) is 11.2. The molecule has 5 nitrogen and oxygen atoms in total. The van der Waals surface area contributed by atoms with Crippen molar-refractivity contribution in [2.24, 2.45) is 0 Å². The molecule has 0 spiro atoms. The standard InChI is InChI=1S/C26H29N3O2/c1-27(2)25(30)20-11-9-18(10-12-20)21-16-22-13-14-23(17-21)29(22)26(31)28-15-5-7-19-6-3-4-8-24(19)28/h3-4,6,8-12,16,22-23H,5,7,13-15,17H2,1-2H3. The molecule has 5 heteroatoms. The quantitative estimate of drug-likeness (QED) is 0.721. The van der Waals surface area contributed by atoms with Crippen LogP contribution < -0.4 is 4.90 Å². The topological polar surface area (TPSA) is 43.9 Å². The fourth-order valence-corrected chi connectivity index (χ4v) is 5.30. The molecule has 31 heavy (non-hydrogen) atoms. The number of carbonyl (C=O) groups is 2. The molecule has 0 saturated carbocycles. The molecule has 2 aromatic carbocycles. The Morgan fingerprint density at radius 2 is 1.77 bits per heavy atom. The second-order valence-electron chi connectivity index (χ2n) is 9.05. The Labute approximate surface area is 183 Å². The molecule has 5 rings (SSSR count). The SMILES string of the molecule is CN(C)C(=O)c1ccc(C2=CC3CCC(C2)N3C(=O)N2CCCc3ccccc32)cc1. The molecule has 0 radical (unpaired) electrons. The number of aryl methyl sites for hydroxylation is 1. The van der Waals surface area contributed by atoms with Crippen LogP contribution in [0.15, 0.2) is 54.6 Å². The van der Waals surface area contributed by atoms with Crippen molar-refractivity contribution in [2.45, 2.75) is 44.2 Å². The summed E-state index contributed by atoms with van der Waals surface area (Å²) in [6, 6.07) is 16.8. The van der Waals surface area contributed by atoms with Crippen molar-refractivity contribution in [3.63, 3.8) is 0 Å². The van der Waals surface area contributed by atoms with Crippen molar-refractivity contribution >= 4 is 23.2 Å². The highest BCUT2D eigenvalue weighted by Gasteiger charge is 2.42. The third-order valence-corrected chi connectivity index (χ3v) is 6.87. The summed E-state index contributed by atoms with van der Waals surface area (Å²) in [5.41, 5.74) is 5.50. The Balaban J connectivity index is 1.37. The maximum atomic E-state index is 13.6. The number of urea groups is 1. The van der Waals surface area contributed by atoms with Crippen molar-refractivity contribution in [1.82, 2.24) is 9.80 Å². The number of carbonyl (C=O) groups excluding carboxylic acids is 2. The zero-order valence-corrected chi connectivity index (χ0v) is 18.3. The number of hydrogen-bond donors (Lipinski definition) is 0. The third kappa shape index (κ3) is 3.52. The molecule has 2 bridgehead atoms. The zero-order chi connectivity index (χ0) is 21.5. The Morgan fingerprint density at radius 1 is 1.00 bits per heavy atom. The summed E-state index contributed by atoms with van der Waals surface area (Å²) in [4.78, 5) is 31.5. The van der Waals surface area contributed by atoms with Crippen LogP contribution in [0.4, 0.5) is 10.5 Å². The van der Waals surface area contributed by atoms with Gasteiger partial charge in [0, 0.05) is 37.9 Å². The monoisotopic (exact) mass is 415 g/mol. The summed E-state index contributed by atoms with van der Waals surface area (Å²) < 4.78 is 0. The van der Waals surface area contributed by atoms with Crippen LogP contribution in [0, 0.1) is 0 Å². The molecule has 3 aliphatic heterocycles. The minimum absolute atomic E-state index is 0.0165. The number of hydrogen-bond acceptors (Lipinski definition) is 2. The van der Waals surface area contributed by atoms with E-state index in [1.54, 1.807) is 19.0 Å². The molecule has 3 amide bonds. The smallest absolute Gasteiger partial charge is 0.325 e. The lowest BCUT2D eigenvalue weighted by molar-refractivity contribution is 0.0827. The molecule has 2 aromatic rings. The lowest BCUT2D eigenvalue weighted by Crippen LogP contribution is -2.51. The van der Waals surface area contributed by atoms with Gasteiger partial charge in [0.25, 0.3) is 5.91 Å². The molecule has 1 saturated heterocycles. The van der Waals surface area contributed by atoms with Crippen LogP contribution in [0.1, 0.15) is 47.2 Å². The van der Waals surface area contributed by atoms with Gasteiger partial charge in [-0.2, -0.15) is 0 Å². The van der Waals surface area contributed by atoms with Gasteiger partial charge in [0.15, 0.2) is 0 Å². The van der Waals surface area contributed by atoms with E-state index in [0.717, 1.165) is 49.9 Å². The van der Waals surface area contributed by atoms with Crippen LogP contribution in [-0.4, -0.2) is 54.5 Å². The summed E-state index contributed by atoms with van der Waals surface area (Å²) in [7, 11) is 3.54. The fraction of sp³-hybridized carbons (Fsp3) is 0.385. The molecule has 3 heterocycles. The normalized spacial score (nSPS) is 22.1. The first-order chi connectivity index (χ1) is 15.0. The lowest BCUT2D eigenvalue weighted by atomic mass is 9.94. The van der Waals surface area contributed by atoms with Crippen molar-refractivity contribution in [3.8, 4) is 0 Å². The summed E-state index contributed by atoms with van der Waals surface area (Å²) in [5.74, 6) is 0.0165. The average molecular weight is 416 g/mol. The van der Waals surface area contributed by atoms with E-state index in [4.69, 9.17) is 0 Å². The van der Waals surface area contributed by atoms with Crippen molar-refractivity contribution in [2.75, 3.05) is 25.5 Å². The maximum Gasteiger partial charge on any atom is 0.325 e. The number of nitrogens with zero attached hydrogens (tertiary/aromatic N) is 3. The number of amides is 3. The van der Waals surface area contributed by atoms with E-state index in [9.17, 15) is 9.59 Å². The van der Waals surface area contributed by atoms with E-state index in [2.05, 4.69) is 29.2 Å². The average Bonchev–Trinajstić information content (AvgIpc) is 3.06. The Hall–Kier alpha value is -3.08. The first-order valence-corrected chi connectivity index (χ1v) is 11.2. The van der Waals surface area contributed by atoms with Gasteiger partial charge in [-0.05, 0) is 67.0 Å². The van der Waals surface area contributed by atoms with Gasteiger partial charge in [0.2, 0.25) is 0 Å². The molecule has 0 aromatic heterocycles. The molecule has 160 valence electrons. The highest BCUT2D eigenvalue weighted by atomic mass is 16.2. The van der Waals surface area contributed by atoms with Gasteiger partial charge in [-0.3, -0.25) is 9.69 Å². The van der Waals surface area contributed by atoms with E-state index >= 15 is 0 Å². The van der Waals surface area contributed by atoms with Gasteiger partial charge in [-0.1, -0.05) is 36.4 Å². The van der Waals surface area contributed by atoms with Crippen LogP contribution >= 0.6 is 0 Å². The molecule has 0 aliphatic carbocycles. The van der Waals surface area contributed by atoms with Gasteiger partial charge in [0.05, 0.1) is 6.04 Å². The summed E-state index contributed by atoms with van der Waals surface area (Å²) in [6.07, 6.45) is 7.28. The van der Waals surface area contributed by atoms with Gasteiger partial charge < -0.3 is 9.80 Å². The third-order valence-electron chi connectivity index (χ3n) is 6.87. The summed E-state index contributed by atoms with van der Waals surface area (Å²) in [6.45, 7) is 0.795. The highest BCUT2D eigenvalue weighted by molar-refractivity contribution is 5.95. The van der Waals surface area contributed by atoms with E-state index in [1.165, 1.54) is 11.1 Å². The van der Waals surface area contributed by atoms with Gasteiger partial charge in [0.1, 0.15) is 0 Å². The van der Waals surface area contributed by atoms with E-state index in [1.807, 2.05) is 35.2 Å². The summed E-state index contributed by atoms with van der Waals surface area (Å²) >= 11 is 0. The predicted octanol–water partition coefficient (Wildman–Crippen LogP) is 4.58. The zero-order valence-electron chi connectivity index (χ0n) is 18.3. The predicted molar refractivity (Wildman–Crippen MR) is 123 cm³/mol. The minimum atomic E-state index is 0.0165. The van der Waals surface area contributed by atoms with Crippen molar-refractivity contribution in [1.29, 1.82) is 0 Å². The van der Waals surface area contributed by atoms with Crippen LogP contribution in [0.2, 0.25) is 0 Å². The molecular formula is C26H29N3O2. The Morgan fingerprint density at radius 3 is 2.52 bits per heavy atom. The van der Waals surface area contributed by atoms with Crippen LogP contribution in [-0.2, 0) is 6.42 Å². The number of anilines is 1. The van der Waals surface area contributed by atoms with Gasteiger partial charge >= 0.3 is 6.03 Å². The lowest BCUT2D eigenvalue weighted by Gasteiger charge is -2.39. The molecule has 2 unspecified atom stereocenters. The van der Waals surface area contributed by atoms with E-state index < -0.39 is 0 Å². The second kappa shape index (κ2) is 7.88. The molecule has 2 atom stereocenters. The molecular weight excluding hydrogens is 386 g/mol. The van der Waals surface area contributed by atoms with Crippen LogP contribution in [0.5, 0.6) is 0 Å². The van der Waals surface area contributed by atoms with E-state index in [-0.39, 0.29) is 24.0 Å². The van der Waals surface area contributed by atoms with Crippen LogP contribution in [0.3, 0.4) is 0 Å². The molecule has 3 aliphatic rings. The van der Waals surface area contributed by atoms with Crippen molar-refractivity contribution < 1.29 is 9.59 Å². The molecule has 1 fully saturated rings. The Kier molecular flexibility index (Phi) is 5.05. The largest absolute Gasteiger partial charge is 0.345 e. The highest BCUT2D eigenvalue weighted by Crippen LogP contribution is 2.40. The van der Waals surface area contributed by atoms with Crippen molar-refractivity contribution in [3.05, 3.63) is 71.3 Å². The van der Waals surface area contributed by atoms with Gasteiger partial charge in [-0.25, -0.2) is 4.79 Å². The summed E-state index contributed by atoms with van der Waals surface area (Å²) in [5, 5.41) is 0. The number of fused-ring (bicyclic) bond motifs is 3. The Bertz CT molecular complexity index is 1040.